The fourth-order valence-corrected chi connectivity index (χ4v) is 1.74. The molecule has 0 amide bonds. The van der Waals surface area contributed by atoms with Gasteiger partial charge in [0.2, 0.25) is 0 Å². The van der Waals surface area contributed by atoms with Crippen molar-refractivity contribution in [2.75, 3.05) is 0 Å². The standard InChI is InChI=1S/C8H9ClO3/c1-8(2)11-6-4(9)3-5(10)7(6)12-8/h3,6-7H,1-2H3. The minimum atomic E-state index is -0.695. The van der Waals surface area contributed by atoms with Gasteiger partial charge < -0.3 is 9.47 Å². The van der Waals surface area contributed by atoms with Crippen molar-refractivity contribution in [3.05, 3.63) is 11.1 Å². The molecule has 0 N–H and O–H groups in total. The third kappa shape index (κ3) is 1.09. The van der Waals surface area contributed by atoms with Crippen molar-refractivity contribution in [3.8, 4) is 0 Å². The first-order valence-electron chi connectivity index (χ1n) is 3.76. The molecule has 0 bridgehead atoms. The van der Waals surface area contributed by atoms with Crippen LogP contribution < -0.4 is 0 Å². The van der Waals surface area contributed by atoms with E-state index in [2.05, 4.69) is 0 Å². The largest absolute Gasteiger partial charge is 0.338 e. The molecule has 3 nitrogen and oxygen atoms in total. The van der Waals surface area contributed by atoms with E-state index < -0.39 is 11.9 Å². The Kier molecular flexibility index (Phi) is 1.59. The maximum Gasteiger partial charge on any atom is 0.188 e. The van der Waals surface area contributed by atoms with Gasteiger partial charge in [0.25, 0.3) is 0 Å². The summed E-state index contributed by atoms with van der Waals surface area (Å²) in [5.41, 5.74) is 0. The molecule has 1 aliphatic carbocycles. The van der Waals surface area contributed by atoms with Crippen molar-refractivity contribution >= 4 is 17.4 Å². The Balaban J connectivity index is 2.27. The van der Waals surface area contributed by atoms with Crippen LogP contribution >= 0.6 is 11.6 Å². The Hall–Kier alpha value is -0.380. The topological polar surface area (TPSA) is 35.5 Å². The van der Waals surface area contributed by atoms with Gasteiger partial charge in [-0.05, 0) is 13.8 Å². The lowest BCUT2D eigenvalue weighted by Gasteiger charge is -2.16. The summed E-state index contributed by atoms with van der Waals surface area (Å²) < 4.78 is 10.8. The maximum atomic E-state index is 11.2. The van der Waals surface area contributed by atoms with Gasteiger partial charge in [-0.2, -0.15) is 0 Å². The van der Waals surface area contributed by atoms with E-state index in [9.17, 15) is 4.79 Å². The fraction of sp³-hybridized carbons (Fsp3) is 0.625. The van der Waals surface area contributed by atoms with Crippen molar-refractivity contribution < 1.29 is 14.3 Å². The number of carbonyl (C=O) groups excluding carboxylic acids is 1. The van der Waals surface area contributed by atoms with Gasteiger partial charge in [0.1, 0.15) is 6.10 Å². The van der Waals surface area contributed by atoms with Crippen LogP contribution in [0.3, 0.4) is 0 Å². The predicted molar refractivity (Wildman–Crippen MR) is 42.8 cm³/mol. The molecule has 12 heavy (non-hydrogen) atoms. The van der Waals surface area contributed by atoms with Gasteiger partial charge >= 0.3 is 0 Å². The van der Waals surface area contributed by atoms with E-state index >= 15 is 0 Å². The molecular formula is C8H9ClO3. The second kappa shape index (κ2) is 2.31. The van der Waals surface area contributed by atoms with E-state index in [4.69, 9.17) is 21.1 Å². The highest BCUT2D eigenvalue weighted by atomic mass is 35.5. The third-order valence-corrected chi connectivity index (χ3v) is 2.25. The summed E-state index contributed by atoms with van der Waals surface area (Å²) in [6.07, 6.45) is 0.466. The minimum Gasteiger partial charge on any atom is -0.338 e. The van der Waals surface area contributed by atoms with Gasteiger partial charge in [0, 0.05) is 6.08 Å². The van der Waals surface area contributed by atoms with Gasteiger partial charge in [-0.25, -0.2) is 0 Å². The second-order valence-electron chi connectivity index (χ2n) is 3.41. The van der Waals surface area contributed by atoms with Crippen LogP contribution in [-0.2, 0) is 14.3 Å². The number of carbonyl (C=O) groups is 1. The lowest BCUT2D eigenvalue weighted by molar-refractivity contribution is -0.152. The first-order chi connectivity index (χ1) is 5.49. The van der Waals surface area contributed by atoms with Crippen molar-refractivity contribution in [3.63, 3.8) is 0 Å². The summed E-state index contributed by atoms with van der Waals surface area (Å²) >= 11 is 5.77. The Labute approximate surface area is 75.3 Å². The highest BCUT2D eigenvalue weighted by Gasteiger charge is 2.49. The average molecular weight is 189 g/mol. The highest BCUT2D eigenvalue weighted by Crippen LogP contribution is 2.37. The monoisotopic (exact) mass is 188 g/mol. The Bertz CT molecular complexity index is 269. The number of fused-ring (bicyclic) bond motifs is 1. The Morgan fingerprint density at radius 3 is 2.58 bits per heavy atom. The van der Waals surface area contributed by atoms with Crippen LogP contribution in [0.15, 0.2) is 11.1 Å². The van der Waals surface area contributed by atoms with Crippen LogP contribution in [0.4, 0.5) is 0 Å². The van der Waals surface area contributed by atoms with Crippen LogP contribution in [0.1, 0.15) is 13.8 Å². The molecule has 66 valence electrons. The van der Waals surface area contributed by atoms with Gasteiger partial charge in [0.05, 0.1) is 5.03 Å². The molecule has 2 unspecified atom stereocenters. The first kappa shape index (κ1) is 8.23. The van der Waals surface area contributed by atoms with Gasteiger partial charge in [-0.3, -0.25) is 4.79 Å². The molecule has 4 heteroatoms. The number of halogens is 1. The summed E-state index contributed by atoms with van der Waals surface area (Å²) in [6, 6.07) is 0. The van der Waals surface area contributed by atoms with E-state index in [1.54, 1.807) is 13.8 Å². The van der Waals surface area contributed by atoms with Crippen molar-refractivity contribution in [2.24, 2.45) is 0 Å². The number of hydrogen-bond donors (Lipinski definition) is 0. The number of ether oxygens (including phenoxy) is 2. The fourth-order valence-electron chi connectivity index (χ4n) is 1.47. The van der Waals surface area contributed by atoms with Crippen molar-refractivity contribution in [1.82, 2.24) is 0 Å². The van der Waals surface area contributed by atoms with E-state index in [0.717, 1.165) is 0 Å². The molecule has 1 fully saturated rings. The van der Waals surface area contributed by atoms with Crippen molar-refractivity contribution in [2.45, 2.75) is 31.8 Å². The highest BCUT2D eigenvalue weighted by molar-refractivity contribution is 6.33. The lowest BCUT2D eigenvalue weighted by Crippen LogP contribution is -2.25. The van der Waals surface area contributed by atoms with E-state index in [-0.39, 0.29) is 11.9 Å². The molecule has 0 radical (unpaired) electrons. The zero-order chi connectivity index (χ0) is 8.93. The summed E-state index contributed by atoms with van der Waals surface area (Å²) in [5, 5.41) is 0.440. The second-order valence-corrected chi connectivity index (χ2v) is 3.84. The predicted octanol–water partition coefficient (Wildman–Crippen LogP) is 1.21. The summed E-state index contributed by atoms with van der Waals surface area (Å²) in [5.74, 6) is -0.796. The normalized spacial score (nSPS) is 38.2. The van der Waals surface area contributed by atoms with Gasteiger partial charge in [0.15, 0.2) is 17.7 Å². The SMILES string of the molecule is CC1(C)OC2C(=O)C=C(Cl)C2O1. The van der Waals surface area contributed by atoms with Crippen LogP contribution in [0.5, 0.6) is 0 Å². The molecule has 1 heterocycles. The van der Waals surface area contributed by atoms with E-state index in [1.807, 2.05) is 0 Å². The molecule has 0 saturated carbocycles. The molecule has 1 aliphatic heterocycles. The summed E-state index contributed by atoms with van der Waals surface area (Å²) in [6.45, 7) is 3.53. The molecule has 2 rings (SSSR count). The Morgan fingerprint density at radius 1 is 1.42 bits per heavy atom. The van der Waals surface area contributed by atoms with E-state index in [0.29, 0.717) is 5.03 Å². The summed E-state index contributed by atoms with van der Waals surface area (Å²) in [7, 11) is 0. The van der Waals surface area contributed by atoms with Crippen LogP contribution in [0.25, 0.3) is 0 Å². The summed E-state index contributed by atoms with van der Waals surface area (Å²) in [4.78, 5) is 11.2. The molecule has 2 aliphatic rings. The molecule has 0 aromatic heterocycles. The number of ketones is 1. The van der Waals surface area contributed by atoms with Gasteiger partial charge in [-0.1, -0.05) is 11.6 Å². The third-order valence-electron chi connectivity index (χ3n) is 1.93. The lowest BCUT2D eigenvalue weighted by atomic mass is 10.2. The minimum absolute atomic E-state index is 0.101. The molecular weight excluding hydrogens is 180 g/mol. The molecule has 1 saturated heterocycles. The quantitative estimate of drug-likeness (QED) is 0.573. The molecule has 0 aromatic rings. The zero-order valence-corrected chi connectivity index (χ0v) is 7.59. The van der Waals surface area contributed by atoms with Gasteiger partial charge in [-0.15, -0.1) is 0 Å². The van der Waals surface area contributed by atoms with E-state index in [1.165, 1.54) is 6.08 Å². The Morgan fingerprint density at radius 2 is 2.00 bits per heavy atom. The van der Waals surface area contributed by atoms with Crippen LogP contribution in [0, 0.1) is 0 Å². The van der Waals surface area contributed by atoms with Crippen LogP contribution in [0.2, 0.25) is 0 Å². The van der Waals surface area contributed by atoms with Crippen molar-refractivity contribution in [1.29, 1.82) is 0 Å². The maximum absolute atomic E-state index is 11.2. The number of rotatable bonds is 0. The molecule has 0 aromatic carbocycles. The van der Waals surface area contributed by atoms with Crippen LogP contribution in [-0.4, -0.2) is 23.8 Å². The molecule has 2 atom stereocenters. The number of hydrogen-bond acceptors (Lipinski definition) is 3. The molecule has 0 spiro atoms. The smallest absolute Gasteiger partial charge is 0.188 e. The average Bonchev–Trinajstić information content (AvgIpc) is 2.34. The first-order valence-corrected chi connectivity index (χ1v) is 4.14. The zero-order valence-electron chi connectivity index (χ0n) is 6.83.